The Balaban J connectivity index is 1.65. The number of halogens is 3. The fourth-order valence-corrected chi connectivity index (χ4v) is 3.37. The van der Waals surface area contributed by atoms with Gasteiger partial charge in [0.1, 0.15) is 23.7 Å². The quantitative estimate of drug-likeness (QED) is 0.265. The summed E-state index contributed by atoms with van der Waals surface area (Å²) < 4.78 is 62.4. The monoisotopic (exact) mass is 498 g/mol. The third-order valence-corrected chi connectivity index (χ3v) is 5.19. The summed E-state index contributed by atoms with van der Waals surface area (Å²) in [5.74, 6) is -3.02. The van der Waals surface area contributed by atoms with Crippen molar-refractivity contribution in [3.05, 3.63) is 99.4 Å². The zero-order valence-corrected chi connectivity index (χ0v) is 19.3. The number of rotatable bonds is 7. The van der Waals surface area contributed by atoms with E-state index in [0.717, 1.165) is 11.1 Å². The number of hydrogen-bond donors (Lipinski definition) is 0. The van der Waals surface area contributed by atoms with E-state index in [1.54, 1.807) is 6.92 Å². The lowest BCUT2D eigenvalue weighted by Gasteiger charge is -2.14. The molecule has 186 valence electrons. The van der Waals surface area contributed by atoms with Crippen LogP contribution in [-0.2, 0) is 17.5 Å². The highest BCUT2D eigenvalue weighted by Gasteiger charge is 2.40. The Morgan fingerprint density at radius 1 is 0.944 bits per heavy atom. The Bertz CT molecular complexity index is 1440. The van der Waals surface area contributed by atoms with Gasteiger partial charge >= 0.3 is 12.1 Å². The van der Waals surface area contributed by atoms with Crippen molar-refractivity contribution in [2.24, 2.45) is 0 Å². The van der Waals surface area contributed by atoms with Crippen LogP contribution >= 0.6 is 0 Å². The molecule has 6 nitrogen and oxygen atoms in total. The maximum atomic E-state index is 13.8. The first-order valence-corrected chi connectivity index (χ1v) is 11.0. The number of aryl methyl sites for hydroxylation is 1. The Labute approximate surface area is 203 Å². The predicted octanol–water partition coefficient (Wildman–Crippen LogP) is 6.67. The van der Waals surface area contributed by atoms with Gasteiger partial charge in [0.2, 0.25) is 11.2 Å². The number of fused-ring (bicyclic) bond motifs is 1. The van der Waals surface area contributed by atoms with Gasteiger partial charge in [-0.05, 0) is 55.8 Å². The average molecular weight is 498 g/mol. The first kappa shape index (κ1) is 24.8. The Morgan fingerprint density at radius 3 is 2.25 bits per heavy atom. The van der Waals surface area contributed by atoms with Crippen LogP contribution < -0.4 is 14.9 Å². The van der Waals surface area contributed by atoms with E-state index in [9.17, 15) is 22.8 Å². The van der Waals surface area contributed by atoms with Gasteiger partial charge in [-0.2, -0.15) is 13.2 Å². The smallest absolute Gasteiger partial charge is 0.453 e. The van der Waals surface area contributed by atoms with Gasteiger partial charge in [-0.15, -0.1) is 0 Å². The third kappa shape index (κ3) is 5.51. The van der Waals surface area contributed by atoms with E-state index in [2.05, 4.69) is 0 Å². The molecule has 0 unspecified atom stereocenters. The summed E-state index contributed by atoms with van der Waals surface area (Å²) in [5, 5.41) is -0.108. The number of esters is 1. The normalized spacial score (nSPS) is 11.4. The molecule has 1 heterocycles. The highest BCUT2D eigenvalue weighted by atomic mass is 19.4. The van der Waals surface area contributed by atoms with E-state index in [1.165, 1.54) is 42.5 Å². The Hall–Kier alpha value is -4.27. The van der Waals surface area contributed by atoms with Crippen molar-refractivity contribution < 1.29 is 36.6 Å². The molecule has 0 fully saturated rings. The number of ether oxygens (including phenoxy) is 3. The molecule has 0 aliphatic rings. The van der Waals surface area contributed by atoms with Crippen LogP contribution in [0.15, 0.2) is 75.9 Å². The molecule has 4 rings (SSSR count). The minimum Gasteiger partial charge on any atom is -0.489 e. The van der Waals surface area contributed by atoms with E-state index in [4.69, 9.17) is 18.6 Å². The second-order valence-electron chi connectivity index (χ2n) is 7.87. The van der Waals surface area contributed by atoms with E-state index in [1.807, 2.05) is 31.2 Å². The van der Waals surface area contributed by atoms with E-state index < -0.39 is 29.1 Å². The molecule has 0 aliphatic heterocycles. The molecular formula is C27H21F3O6. The minimum atomic E-state index is -5.01. The summed E-state index contributed by atoms with van der Waals surface area (Å²) in [7, 11) is 0. The number of carbonyl (C=O) groups excluding carboxylic acids is 1. The molecule has 0 aliphatic carbocycles. The number of carbonyl (C=O) groups is 1. The lowest BCUT2D eigenvalue weighted by molar-refractivity contribution is -0.154. The zero-order chi connectivity index (χ0) is 25.9. The Morgan fingerprint density at radius 2 is 1.61 bits per heavy atom. The van der Waals surface area contributed by atoms with Gasteiger partial charge in [0.15, 0.2) is 0 Å². The molecule has 0 radical (unpaired) electrons. The van der Waals surface area contributed by atoms with Gasteiger partial charge in [0, 0.05) is 6.07 Å². The molecule has 0 saturated carbocycles. The Kier molecular flexibility index (Phi) is 7.00. The van der Waals surface area contributed by atoms with Gasteiger partial charge < -0.3 is 18.6 Å². The number of alkyl halides is 3. The summed E-state index contributed by atoms with van der Waals surface area (Å²) in [4.78, 5) is 24.8. The van der Waals surface area contributed by atoms with Crippen molar-refractivity contribution in [2.75, 3.05) is 6.61 Å². The largest absolute Gasteiger partial charge is 0.489 e. The summed E-state index contributed by atoms with van der Waals surface area (Å²) in [5.41, 5.74) is 0.848. The maximum Gasteiger partial charge on any atom is 0.453 e. The van der Waals surface area contributed by atoms with Crippen LogP contribution in [0.4, 0.5) is 13.2 Å². The van der Waals surface area contributed by atoms with Crippen molar-refractivity contribution in [3.8, 4) is 17.2 Å². The van der Waals surface area contributed by atoms with E-state index >= 15 is 0 Å². The molecule has 36 heavy (non-hydrogen) atoms. The molecule has 0 spiro atoms. The van der Waals surface area contributed by atoms with Gasteiger partial charge in [0.25, 0.3) is 5.76 Å². The molecule has 1 aromatic heterocycles. The van der Waals surface area contributed by atoms with Crippen LogP contribution in [0.25, 0.3) is 11.0 Å². The molecule has 4 aromatic rings. The van der Waals surface area contributed by atoms with Crippen molar-refractivity contribution in [2.45, 2.75) is 26.6 Å². The van der Waals surface area contributed by atoms with Gasteiger partial charge in [-0.3, -0.25) is 4.79 Å². The molecule has 9 heteroatoms. The molecule has 3 aromatic carbocycles. The topological polar surface area (TPSA) is 75.0 Å². The zero-order valence-electron chi connectivity index (χ0n) is 19.3. The second-order valence-corrected chi connectivity index (χ2v) is 7.87. The maximum absolute atomic E-state index is 13.8. The van der Waals surface area contributed by atoms with E-state index in [0.29, 0.717) is 0 Å². The van der Waals surface area contributed by atoms with Crippen LogP contribution in [0, 0.1) is 6.92 Å². The van der Waals surface area contributed by atoms with Crippen molar-refractivity contribution in [1.29, 1.82) is 0 Å². The minimum absolute atomic E-state index is 0.0850. The SMILES string of the molecule is CCOC(=O)c1ccc(Oc2c(C(F)(F)F)oc3cc(OCc4ccc(C)cc4)ccc3c2=O)cc1. The third-order valence-electron chi connectivity index (χ3n) is 5.19. The average Bonchev–Trinajstić information content (AvgIpc) is 2.85. The standard InChI is InChI=1S/C27H21F3O6/c1-3-33-26(32)18-8-10-19(11-9-18)35-24-23(31)21-13-12-20(14-22(21)36-25(24)27(28,29)30)34-15-17-6-4-16(2)5-7-17/h4-14H,3,15H2,1-2H3. The van der Waals surface area contributed by atoms with E-state index in [-0.39, 0.29) is 41.2 Å². The summed E-state index contributed by atoms with van der Waals surface area (Å²) in [6.07, 6.45) is -5.01. The number of benzene rings is 3. The van der Waals surface area contributed by atoms with Gasteiger partial charge in [-0.1, -0.05) is 29.8 Å². The first-order valence-electron chi connectivity index (χ1n) is 11.0. The molecule has 0 N–H and O–H groups in total. The van der Waals surface area contributed by atoms with Crippen molar-refractivity contribution >= 4 is 16.9 Å². The van der Waals surface area contributed by atoms with Crippen LogP contribution in [0.2, 0.25) is 0 Å². The van der Waals surface area contributed by atoms with Crippen LogP contribution in [0.5, 0.6) is 17.2 Å². The van der Waals surface area contributed by atoms with Crippen LogP contribution in [-0.4, -0.2) is 12.6 Å². The first-order chi connectivity index (χ1) is 17.2. The number of hydrogen-bond acceptors (Lipinski definition) is 6. The molecule has 0 atom stereocenters. The van der Waals surface area contributed by atoms with Crippen LogP contribution in [0.1, 0.15) is 34.2 Å². The summed E-state index contributed by atoms with van der Waals surface area (Å²) in [6, 6.07) is 16.8. The molecule has 0 saturated heterocycles. The summed E-state index contributed by atoms with van der Waals surface area (Å²) in [6.45, 7) is 3.95. The fourth-order valence-electron chi connectivity index (χ4n) is 3.37. The van der Waals surface area contributed by atoms with Gasteiger partial charge in [0.05, 0.1) is 17.6 Å². The predicted molar refractivity (Wildman–Crippen MR) is 125 cm³/mol. The summed E-state index contributed by atoms with van der Waals surface area (Å²) >= 11 is 0. The van der Waals surface area contributed by atoms with Crippen LogP contribution in [0.3, 0.4) is 0 Å². The molecular weight excluding hydrogens is 477 g/mol. The highest BCUT2D eigenvalue weighted by Crippen LogP contribution is 2.38. The van der Waals surface area contributed by atoms with Crippen molar-refractivity contribution in [3.63, 3.8) is 0 Å². The van der Waals surface area contributed by atoms with Gasteiger partial charge in [-0.25, -0.2) is 4.79 Å². The molecule has 0 bridgehead atoms. The van der Waals surface area contributed by atoms with Crippen molar-refractivity contribution in [1.82, 2.24) is 0 Å². The second kappa shape index (κ2) is 10.2. The lowest BCUT2D eigenvalue weighted by Crippen LogP contribution is -2.15. The molecule has 0 amide bonds. The fraction of sp³-hybridized carbons (Fsp3) is 0.185. The highest BCUT2D eigenvalue weighted by molar-refractivity contribution is 5.89. The lowest BCUT2D eigenvalue weighted by atomic mass is 10.1.